The van der Waals surface area contributed by atoms with Crippen LogP contribution >= 0.6 is 15.9 Å². The van der Waals surface area contributed by atoms with Crippen LogP contribution < -0.4 is 10.1 Å². The number of nitrogens with one attached hydrogen (secondary N) is 1. The molecule has 0 saturated carbocycles. The van der Waals surface area contributed by atoms with Gasteiger partial charge in [0.05, 0.1) is 31.1 Å². The molecule has 0 atom stereocenters. The lowest BCUT2D eigenvalue weighted by molar-refractivity contribution is 0.347. The Morgan fingerprint density at radius 3 is 2.62 bits per heavy atom. The van der Waals surface area contributed by atoms with Crippen molar-refractivity contribution in [2.45, 2.75) is 39.8 Å². The molecule has 2 aromatic rings. The molecule has 0 amide bonds. The number of benzene rings is 1. The van der Waals surface area contributed by atoms with Gasteiger partial charge in [0.2, 0.25) is 0 Å². The highest BCUT2D eigenvalue weighted by atomic mass is 79.9. The lowest BCUT2D eigenvalue weighted by atomic mass is 10.1. The zero-order valence-corrected chi connectivity index (χ0v) is 14.7. The third kappa shape index (κ3) is 3.75. The van der Waals surface area contributed by atoms with Crippen molar-refractivity contribution in [2.24, 2.45) is 0 Å². The first-order valence-corrected chi connectivity index (χ1v) is 7.60. The Labute approximate surface area is 133 Å². The third-order valence-electron chi connectivity index (χ3n) is 3.16. The summed E-state index contributed by atoms with van der Waals surface area (Å²) < 4.78 is 8.29. The quantitative estimate of drug-likeness (QED) is 0.910. The van der Waals surface area contributed by atoms with Crippen molar-refractivity contribution in [2.75, 3.05) is 12.4 Å². The molecule has 1 N–H and O–H groups in total. The van der Waals surface area contributed by atoms with Gasteiger partial charge in [-0.1, -0.05) is 21.1 Å². The number of hydrogen-bond donors (Lipinski definition) is 1. The molecule has 0 unspecified atom stereocenters. The summed E-state index contributed by atoms with van der Waals surface area (Å²) in [5, 5.41) is 11.7. The molecule has 5 nitrogen and oxygen atoms in total. The molecule has 6 heteroatoms. The van der Waals surface area contributed by atoms with Gasteiger partial charge in [-0.05, 0) is 45.4 Å². The van der Waals surface area contributed by atoms with Crippen LogP contribution in [0, 0.1) is 6.92 Å². The molecule has 0 aliphatic rings. The third-order valence-corrected chi connectivity index (χ3v) is 3.62. The van der Waals surface area contributed by atoms with Crippen molar-refractivity contribution in [3.05, 3.63) is 34.1 Å². The number of anilines is 1. The second-order valence-corrected chi connectivity index (χ2v) is 6.89. The maximum atomic E-state index is 5.42. The average molecular weight is 353 g/mol. The minimum Gasteiger partial charge on any atom is -0.495 e. The predicted octanol–water partition coefficient (Wildman–Crippen LogP) is 3.72. The van der Waals surface area contributed by atoms with E-state index in [0.29, 0.717) is 6.54 Å². The molecule has 0 bridgehead atoms. The van der Waals surface area contributed by atoms with Crippen LogP contribution in [0.3, 0.4) is 0 Å². The number of nitrogens with zero attached hydrogens (tertiary/aromatic N) is 3. The molecule has 0 fully saturated rings. The van der Waals surface area contributed by atoms with Gasteiger partial charge in [0.25, 0.3) is 0 Å². The van der Waals surface area contributed by atoms with Gasteiger partial charge in [0, 0.05) is 4.47 Å². The van der Waals surface area contributed by atoms with E-state index in [1.54, 1.807) is 7.11 Å². The number of hydrogen-bond acceptors (Lipinski definition) is 4. The van der Waals surface area contributed by atoms with Gasteiger partial charge < -0.3 is 10.1 Å². The molecule has 1 aromatic carbocycles. The topological polar surface area (TPSA) is 52.0 Å². The zero-order chi connectivity index (χ0) is 15.6. The van der Waals surface area contributed by atoms with E-state index in [0.717, 1.165) is 27.2 Å². The van der Waals surface area contributed by atoms with Gasteiger partial charge in [0.1, 0.15) is 11.4 Å². The Balaban J connectivity index is 2.15. The molecule has 2 rings (SSSR count). The Morgan fingerprint density at radius 1 is 1.33 bits per heavy atom. The smallest absolute Gasteiger partial charge is 0.143 e. The molecule has 0 spiro atoms. The van der Waals surface area contributed by atoms with Crippen molar-refractivity contribution in [3.8, 4) is 5.75 Å². The molecule has 1 aromatic heterocycles. The molecule has 21 heavy (non-hydrogen) atoms. The first-order chi connectivity index (χ1) is 9.81. The maximum Gasteiger partial charge on any atom is 0.143 e. The Kier molecular flexibility index (Phi) is 4.56. The molecule has 0 radical (unpaired) electrons. The molecule has 1 heterocycles. The van der Waals surface area contributed by atoms with Crippen LogP contribution in [0.1, 0.15) is 32.0 Å². The van der Waals surface area contributed by atoms with Crippen LogP contribution in [0.2, 0.25) is 0 Å². The number of methoxy groups -OCH3 is 1. The number of aromatic nitrogens is 3. The highest BCUT2D eigenvalue weighted by molar-refractivity contribution is 9.10. The summed E-state index contributed by atoms with van der Waals surface area (Å²) in [5.41, 5.74) is 2.93. The van der Waals surface area contributed by atoms with Crippen LogP contribution in [-0.2, 0) is 12.1 Å². The molecule has 0 aliphatic heterocycles. The Morgan fingerprint density at radius 2 is 2.05 bits per heavy atom. The molecular formula is C15H21BrN4O. The zero-order valence-electron chi connectivity index (χ0n) is 13.1. The first-order valence-electron chi connectivity index (χ1n) is 6.81. The van der Waals surface area contributed by atoms with Crippen molar-refractivity contribution >= 4 is 21.6 Å². The summed E-state index contributed by atoms with van der Waals surface area (Å²) in [6, 6.07) is 4.00. The van der Waals surface area contributed by atoms with E-state index < -0.39 is 0 Å². The fourth-order valence-electron chi connectivity index (χ4n) is 1.99. The highest BCUT2D eigenvalue weighted by Crippen LogP contribution is 2.32. The summed E-state index contributed by atoms with van der Waals surface area (Å²) in [4.78, 5) is 0. The molecule has 0 saturated heterocycles. The van der Waals surface area contributed by atoms with E-state index in [2.05, 4.69) is 58.4 Å². The fourth-order valence-corrected chi connectivity index (χ4v) is 2.54. The summed E-state index contributed by atoms with van der Waals surface area (Å²) in [6.07, 6.45) is 1.97. The lowest BCUT2D eigenvalue weighted by Crippen LogP contribution is -2.22. The van der Waals surface area contributed by atoms with Crippen LogP contribution in [0.15, 0.2) is 22.8 Å². The van der Waals surface area contributed by atoms with Gasteiger partial charge in [-0.15, -0.1) is 5.10 Å². The van der Waals surface area contributed by atoms with Crippen molar-refractivity contribution in [1.82, 2.24) is 15.0 Å². The van der Waals surface area contributed by atoms with E-state index in [4.69, 9.17) is 4.74 Å². The highest BCUT2D eigenvalue weighted by Gasteiger charge is 2.15. The summed E-state index contributed by atoms with van der Waals surface area (Å²) in [7, 11) is 1.67. The van der Waals surface area contributed by atoms with E-state index in [-0.39, 0.29) is 5.54 Å². The number of rotatable bonds is 4. The molecule has 114 valence electrons. The van der Waals surface area contributed by atoms with Gasteiger partial charge in [0.15, 0.2) is 0 Å². The molecular weight excluding hydrogens is 332 g/mol. The maximum absolute atomic E-state index is 5.42. The van der Waals surface area contributed by atoms with Crippen molar-refractivity contribution in [1.29, 1.82) is 0 Å². The first kappa shape index (κ1) is 15.8. The van der Waals surface area contributed by atoms with Crippen LogP contribution in [-0.4, -0.2) is 22.1 Å². The molecule has 0 aliphatic carbocycles. The second kappa shape index (κ2) is 6.05. The predicted molar refractivity (Wildman–Crippen MR) is 87.8 cm³/mol. The van der Waals surface area contributed by atoms with Crippen molar-refractivity contribution in [3.63, 3.8) is 0 Å². The largest absolute Gasteiger partial charge is 0.495 e. The van der Waals surface area contributed by atoms with Crippen LogP contribution in [0.4, 0.5) is 5.69 Å². The number of aryl methyl sites for hydroxylation is 1. The standard InChI is InChI=1S/C15H21BrN4O/c1-10-6-11(16)7-13(21-5)14(10)17-8-12-9-20(19-18-12)15(2,3)4/h6-7,9,17H,8H2,1-5H3. The van der Waals surface area contributed by atoms with Gasteiger partial charge in [-0.2, -0.15) is 0 Å². The summed E-state index contributed by atoms with van der Waals surface area (Å²) >= 11 is 3.48. The second-order valence-electron chi connectivity index (χ2n) is 5.98. The van der Waals surface area contributed by atoms with Gasteiger partial charge in [-0.25, -0.2) is 4.68 Å². The minimum absolute atomic E-state index is 0.0591. The number of halogens is 1. The summed E-state index contributed by atoms with van der Waals surface area (Å²) in [6.45, 7) is 8.94. The monoisotopic (exact) mass is 352 g/mol. The van der Waals surface area contributed by atoms with E-state index in [1.807, 2.05) is 23.9 Å². The lowest BCUT2D eigenvalue weighted by Gasteiger charge is -2.17. The Bertz CT molecular complexity index is 631. The van der Waals surface area contributed by atoms with Crippen molar-refractivity contribution < 1.29 is 4.74 Å². The summed E-state index contributed by atoms with van der Waals surface area (Å²) in [5.74, 6) is 0.810. The fraction of sp³-hybridized carbons (Fsp3) is 0.467. The van der Waals surface area contributed by atoms with E-state index >= 15 is 0 Å². The van der Waals surface area contributed by atoms with Gasteiger partial charge >= 0.3 is 0 Å². The number of ether oxygens (including phenoxy) is 1. The van der Waals surface area contributed by atoms with Crippen LogP contribution in [0.5, 0.6) is 5.75 Å². The normalized spacial score (nSPS) is 11.5. The van der Waals surface area contributed by atoms with E-state index in [9.17, 15) is 0 Å². The Hall–Kier alpha value is -1.56. The average Bonchev–Trinajstić information content (AvgIpc) is 2.85. The van der Waals surface area contributed by atoms with Crippen LogP contribution in [0.25, 0.3) is 0 Å². The minimum atomic E-state index is -0.0591. The SMILES string of the molecule is COc1cc(Br)cc(C)c1NCc1cn(C(C)(C)C)nn1. The van der Waals surface area contributed by atoms with E-state index in [1.165, 1.54) is 0 Å². The van der Waals surface area contributed by atoms with Gasteiger partial charge in [-0.3, -0.25) is 0 Å².